The largest absolute Gasteiger partial charge is 0.268 e. The third-order valence-corrected chi connectivity index (χ3v) is 5.58. The van der Waals surface area contributed by atoms with Crippen molar-refractivity contribution in [3.8, 4) is 5.82 Å². The van der Waals surface area contributed by atoms with Crippen molar-refractivity contribution in [2.24, 2.45) is 0 Å². The normalized spacial score (nSPS) is 11.0. The third-order valence-electron chi connectivity index (χ3n) is 4.56. The number of hydrogen-bond acceptors (Lipinski definition) is 4. The Labute approximate surface area is 168 Å². The second kappa shape index (κ2) is 8.40. The minimum absolute atomic E-state index is 0.0748. The molecule has 4 aromatic rings. The highest BCUT2D eigenvalue weighted by atomic mass is 32.2. The lowest BCUT2D eigenvalue weighted by atomic mass is 10.1. The molecule has 2 heterocycles. The number of rotatable bonds is 6. The molecule has 0 atom stereocenters. The molecule has 0 aliphatic heterocycles. The van der Waals surface area contributed by atoms with Gasteiger partial charge in [0.1, 0.15) is 5.82 Å². The molecule has 0 aliphatic rings. The van der Waals surface area contributed by atoms with Crippen LogP contribution in [0.2, 0.25) is 0 Å². The summed E-state index contributed by atoms with van der Waals surface area (Å²) in [6, 6.07) is 21.8. The van der Waals surface area contributed by atoms with Gasteiger partial charge in [-0.1, -0.05) is 54.2 Å². The summed E-state index contributed by atoms with van der Waals surface area (Å²) >= 11 is 1.61. The maximum Gasteiger partial charge on any atom is 0.267 e. The van der Waals surface area contributed by atoms with Crippen molar-refractivity contribution < 1.29 is 0 Å². The van der Waals surface area contributed by atoms with Crippen molar-refractivity contribution in [1.82, 2.24) is 14.5 Å². The van der Waals surface area contributed by atoms with Crippen molar-refractivity contribution in [2.75, 3.05) is 5.75 Å². The lowest BCUT2D eigenvalue weighted by Crippen LogP contribution is -2.22. The van der Waals surface area contributed by atoms with Crippen LogP contribution in [0.25, 0.3) is 16.7 Å². The minimum Gasteiger partial charge on any atom is -0.268 e. The minimum atomic E-state index is -0.0748. The van der Waals surface area contributed by atoms with Crippen LogP contribution in [-0.2, 0) is 6.42 Å². The van der Waals surface area contributed by atoms with Crippen LogP contribution in [0, 0.1) is 6.92 Å². The van der Waals surface area contributed by atoms with Crippen LogP contribution in [0.3, 0.4) is 0 Å². The van der Waals surface area contributed by atoms with Gasteiger partial charge in [0.05, 0.1) is 10.9 Å². The van der Waals surface area contributed by atoms with Crippen molar-refractivity contribution in [1.29, 1.82) is 0 Å². The number of fused-ring (bicyclic) bond motifs is 1. The molecule has 4 nitrogen and oxygen atoms in total. The molecule has 0 N–H and O–H groups in total. The first-order chi connectivity index (χ1) is 13.7. The number of hydrogen-bond donors (Lipinski definition) is 0. The van der Waals surface area contributed by atoms with E-state index in [1.54, 1.807) is 22.5 Å². The quantitative estimate of drug-likeness (QED) is 0.270. The summed E-state index contributed by atoms with van der Waals surface area (Å²) < 4.78 is 1.64. The Morgan fingerprint density at radius 2 is 1.79 bits per heavy atom. The second-order valence-electron chi connectivity index (χ2n) is 6.68. The highest BCUT2D eigenvalue weighted by Crippen LogP contribution is 2.22. The van der Waals surface area contributed by atoms with Crippen LogP contribution in [0.1, 0.15) is 17.5 Å². The second-order valence-corrected chi connectivity index (χ2v) is 7.74. The van der Waals surface area contributed by atoms with Gasteiger partial charge in [-0.3, -0.25) is 4.79 Å². The molecule has 0 amide bonds. The van der Waals surface area contributed by atoms with Crippen LogP contribution in [0.15, 0.2) is 82.9 Å². The molecule has 28 heavy (non-hydrogen) atoms. The molecule has 0 bridgehead atoms. The van der Waals surface area contributed by atoms with E-state index in [4.69, 9.17) is 4.98 Å². The fraction of sp³-hybridized carbons (Fsp3) is 0.174. The van der Waals surface area contributed by atoms with Gasteiger partial charge in [0.15, 0.2) is 5.16 Å². The topological polar surface area (TPSA) is 47.8 Å². The first-order valence-corrected chi connectivity index (χ1v) is 10.3. The van der Waals surface area contributed by atoms with Crippen LogP contribution < -0.4 is 5.56 Å². The highest BCUT2D eigenvalue weighted by Gasteiger charge is 2.14. The maximum atomic E-state index is 13.2. The first kappa shape index (κ1) is 18.4. The van der Waals surface area contributed by atoms with E-state index in [-0.39, 0.29) is 5.56 Å². The Hall–Kier alpha value is -2.92. The van der Waals surface area contributed by atoms with E-state index in [1.165, 1.54) is 5.56 Å². The van der Waals surface area contributed by atoms with E-state index < -0.39 is 0 Å². The van der Waals surface area contributed by atoms with Gasteiger partial charge in [0, 0.05) is 11.9 Å². The lowest BCUT2D eigenvalue weighted by molar-refractivity contribution is 0.792. The number of aryl methyl sites for hydroxylation is 2. The molecule has 5 heteroatoms. The zero-order valence-corrected chi connectivity index (χ0v) is 16.5. The number of nitrogens with zero attached hydrogens (tertiary/aromatic N) is 3. The van der Waals surface area contributed by atoms with Gasteiger partial charge in [-0.05, 0) is 55.2 Å². The molecule has 0 fully saturated rings. The van der Waals surface area contributed by atoms with Gasteiger partial charge < -0.3 is 0 Å². The zero-order valence-electron chi connectivity index (χ0n) is 15.7. The third kappa shape index (κ3) is 3.99. The number of para-hydroxylation sites is 1. The zero-order chi connectivity index (χ0) is 19.3. The smallest absolute Gasteiger partial charge is 0.267 e. The summed E-state index contributed by atoms with van der Waals surface area (Å²) in [6.45, 7) is 2.00. The molecule has 0 aliphatic carbocycles. The molecule has 2 aromatic carbocycles. The summed E-state index contributed by atoms with van der Waals surface area (Å²) in [7, 11) is 0. The van der Waals surface area contributed by atoms with Gasteiger partial charge in [0.2, 0.25) is 0 Å². The summed E-state index contributed by atoms with van der Waals surface area (Å²) in [4.78, 5) is 22.4. The predicted octanol–water partition coefficient (Wildman–Crippen LogP) is 4.81. The Morgan fingerprint density at radius 3 is 2.61 bits per heavy atom. The monoisotopic (exact) mass is 387 g/mol. The van der Waals surface area contributed by atoms with Gasteiger partial charge in [-0.25, -0.2) is 14.5 Å². The Bertz CT molecular complexity index is 1160. The van der Waals surface area contributed by atoms with Crippen LogP contribution in [-0.4, -0.2) is 20.3 Å². The van der Waals surface area contributed by atoms with E-state index in [0.717, 1.165) is 29.7 Å². The van der Waals surface area contributed by atoms with Gasteiger partial charge in [-0.15, -0.1) is 0 Å². The predicted molar refractivity (Wildman–Crippen MR) is 115 cm³/mol. The number of benzene rings is 2. The average Bonchev–Trinajstić information content (AvgIpc) is 2.72. The molecule has 0 saturated carbocycles. The van der Waals surface area contributed by atoms with E-state index in [1.807, 2.05) is 49.4 Å². The van der Waals surface area contributed by atoms with E-state index in [2.05, 4.69) is 29.2 Å². The standard InChI is InChI=1S/C23H21N3OS/c1-17-13-14-24-21(16-17)26-22(27)19-11-5-6-12-20(19)25-23(26)28-15-7-10-18-8-3-2-4-9-18/h2-6,8-9,11-14,16H,7,10,15H2,1H3. The van der Waals surface area contributed by atoms with Crippen LogP contribution in [0.4, 0.5) is 0 Å². The van der Waals surface area contributed by atoms with Gasteiger partial charge >= 0.3 is 0 Å². The molecule has 4 rings (SSSR count). The van der Waals surface area contributed by atoms with E-state index in [9.17, 15) is 4.79 Å². The molecular formula is C23H21N3OS. The van der Waals surface area contributed by atoms with Crippen molar-refractivity contribution >= 4 is 22.7 Å². The average molecular weight is 388 g/mol. The van der Waals surface area contributed by atoms with Crippen molar-refractivity contribution in [3.63, 3.8) is 0 Å². The fourth-order valence-electron chi connectivity index (χ4n) is 3.14. The van der Waals surface area contributed by atoms with Crippen molar-refractivity contribution in [2.45, 2.75) is 24.9 Å². The van der Waals surface area contributed by atoms with Gasteiger partial charge in [0.25, 0.3) is 5.56 Å². The number of aromatic nitrogens is 3. The Morgan fingerprint density at radius 1 is 1.00 bits per heavy atom. The van der Waals surface area contributed by atoms with Crippen LogP contribution in [0.5, 0.6) is 0 Å². The summed E-state index contributed by atoms with van der Waals surface area (Å²) in [5.41, 5.74) is 3.04. The molecule has 2 aromatic heterocycles. The summed E-state index contributed by atoms with van der Waals surface area (Å²) in [5.74, 6) is 1.50. The van der Waals surface area contributed by atoms with Crippen LogP contribution >= 0.6 is 11.8 Å². The van der Waals surface area contributed by atoms with Crippen molar-refractivity contribution in [3.05, 3.63) is 94.4 Å². The maximum absolute atomic E-state index is 13.2. The molecule has 140 valence electrons. The molecule has 0 unspecified atom stereocenters. The van der Waals surface area contributed by atoms with E-state index in [0.29, 0.717) is 16.4 Å². The Balaban J connectivity index is 1.66. The highest BCUT2D eigenvalue weighted by molar-refractivity contribution is 7.99. The Kier molecular flexibility index (Phi) is 5.53. The van der Waals surface area contributed by atoms with E-state index >= 15 is 0 Å². The molecular weight excluding hydrogens is 366 g/mol. The lowest BCUT2D eigenvalue weighted by Gasteiger charge is -2.13. The number of pyridine rings is 1. The molecule has 0 spiro atoms. The molecule has 0 saturated heterocycles. The SMILES string of the molecule is Cc1ccnc(-n2c(SCCCc3ccccc3)nc3ccccc3c2=O)c1. The summed E-state index contributed by atoms with van der Waals surface area (Å²) in [6.07, 6.45) is 3.75. The first-order valence-electron chi connectivity index (χ1n) is 9.34. The fourth-order valence-corrected chi connectivity index (χ4v) is 4.08. The number of thioether (sulfide) groups is 1. The molecule has 0 radical (unpaired) electrons. The van der Waals surface area contributed by atoms with Gasteiger partial charge in [-0.2, -0.15) is 0 Å². The summed E-state index contributed by atoms with van der Waals surface area (Å²) in [5, 5.41) is 1.30.